The van der Waals surface area contributed by atoms with Gasteiger partial charge in [-0.05, 0) is 24.0 Å². The van der Waals surface area contributed by atoms with Crippen LogP contribution in [0.25, 0.3) is 0 Å². The van der Waals surface area contributed by atoms with E-state index in [1.807, 2.05) is 60.7 Å². The van der Waals surface area contributed by atoms with Crippen LogP contribution in [0.3, 0.4) is 0 Å². The molecule has 5 heteroatoms. The van der Waals surface area contributed by atoms with Crippen molar-refractivity contribution in [2.24, 2.45) is 5.92 Å². The van der Waals surface area contributed by atoms with Gasteiger partial charge in [0.05, 0.1) is 12.0 Å². The maximum Gasteiger partial charge on any atom is 0.307 e. The molecule has 0 spiro atoms. The number of aliphatic carboxylic acids is 1. The van der Waals surface area contributed by atoms with Crippen LogP contribution in [-0.2, 0) is 27.2 Å². The van der Waals surface area contributed by atoms with Gasteiger partial charge in [0.2, 0.25) is 5.91 Å². The molecule has 0 bridgehead atoms. The summed E-state index contributed by atoms with van der Waals surface area (Å²) >= 11 is 0. The van der Waals surface area contributed by atoms with Crippen molar-refractivity contribution in [2.45, 2.75) is 32.2 Å². The van der Waals surface area contributed by atoms with Gasteiger partial charge in [-0.3, -0.25) is 14.4 Å². The molecular formula is C21H23NO4. The van der Waals surface area contributed by atoms with Crippen LogP contribution in [0, 0.1) is 5.92 Å². The van der Waals surface area contributed by atoms with E-state index < -0.39 is 17.9 Å². The summed E-state index contributed by atoms with van der Waals surface area (Å²) in [4.78, 5) is 35.8. The fraction of sp³-hybridized carbons (Fsp3) is 0.286. The predicted molar refractivity (Wildman–Crippen MR) is 98.6 cm³/mol. The summed E-state index contributed by atoms with van der Waals surface area (Å²) < 4.78 is 0. The zero-order valence-corrected chi connectivity index (χ0v) is 14.7. The van der Waals surface area contributed by atoms with Crippen LogP contribution in [-0.4, -0.2) is 28.8 Å². The van der Waals surface area contributed by atoms with Crippen molar-refractivity contribution < 1.29 is 19.5 Å². The first-order chi connectivity index (χ1) is 12.5. The van der Waals surface area contributed by atoms with Crippen molar-refractivity contribution in [3.8, 4) is 0 Å². The Morgan fingerprint density at radius 2 is 1.38 bits per heavy atom. The van der Waals surface area contributed by atoms with Crippen LogP contribution in [0.4, 0.5) is 0 Å². The molecule has 0 saturated carbocycles. The molecule has 0 radical (unpaired) electrons. The normalized spacial score (nSPS) is 12.8. The quantitative estimate of drug-likeness (QED) is 0.726. The lowest BCUT2D eigenvalue weighted by Crippen LogP contribution is -2.42. The zero-order valence-electron chi connectivity index (χ0n) is 14.7. The zero-order chi connectivity index (χ0) is 18.9. The molecule has 0 saturated heterocycles. The molecule has 2 aromatic carbocycles. The first-order valence-electron chi connectivity index (χ1n) is 8.56. The number of amides is 1. The summed E-state index contributed by atoms with van der Waals surface area (Å²) in [5, 5.41) is 12.2. The summed E-state index contributed by atoms with van der Waals surface area (Å²) in [5.74, 6) is -2.41. The largest absolute Gasteiger partial charge is 0.481 e. The molecule has 0 heterocycles. The van der Waals surface area contributed by atoms with Crippen LogP contribution in [0.15, 0.2) is 60.7 Å². The van der Waals surface area contributed by atoms with Gasteiger partial charge in [-0.15, -0.1) is 0 Å². The van der Waals surface area contributed by atoms with Crippen molar-refractivity contribution in [3.05, 3.63) is 71.8 Å². The highest BCUT2D eigenvalue weighted by Gasteiger charge is 2.27. The monoisotopic (exact) mass is 353 g/mol. The van der Waals surface area contributed by atoms with Gasteiger partial charge in [0.1, 0.15) is 0 Å². The van der Waals surface area contributed by atoms with Gasteiger partial charge < -0.3 is 10.4 Å². The fourth-order valence-corrected chi connectivity index (χ4v) is 2.87. The Morgan fingerprint density at radius 3 is 1.85 bits per heavy atom. The summed E-state index contributed by atoms with van der Waals surface area (Å²) in [5.41, 5.74) is 1.78. The topological polar surface area (TPSA) is 83.5 Å². The van der Waals surface area contributed by atoms with Crippen molar-refractivity contribution in [1.82, 2.24) is 5.32 Å². The molecule has 136 valence electrons. The third-order valence-electron chi connectivity index (χ3n) is 4.17. The molecule has 2 N–H and O–H groups in total. The lowest BCUT2D eigenvalue weighted by atomic mass is 9.90. The second kappa shape index (κ2) is 9.51. The van der Waals surface area contributed by atoms with E-state index in [0.29, 0.717) is 6.42 Å². The standard InChI is InChI=1S/C21H23NO4/c1-15(23)22-19(13-17-10-6-3-7-11-17)20(24)14-18(21(25)26)12-16-8-4-2-5-9-16/h2-11,18-19H,12-14H2,1H3,(H,22,23)(H,25,26). The molecule has 0 fully saturated rings. The number of ketones is 1. The smallest absolute Gasteiger partial charge is 0.307 e. The number of hydrogen-bond donors (Lipinski definition) is 2. The number of carbonyl (C=O) groups excluding carboxylic acids is 2. The van der Waals surface area contributed by atoms with Crippen LogP contribution >= 0.6 is 0 Å². The number of carbonyl (C=O) groups is 3. The molecule has 5 nitrogen and oxygen atoms in total. The number of rotatable bonds is 9. The SMILES string of the molecule is CC(=O)NC(Cc1ccccc1)C(=O)CC(Cc1ccccc1)C(=O)O. The number of Topliss-reactive ketones (excluding diaryl/α,β-unsaturated/α-hetero) is 1. The summed E-state index contributed by atoms with van der Waals surface area (Å²) in [6.45, 7) is 1.35. The minimum atomic E-state index is -1.01. The van der Waals surface area contributed by atoms with Crippen LogP contribution in [0.5, 0.6) is 0 Å². The number of benzene rings is 2. The van der Waals surface area contributed by atoms with Crippen LogP contribution < -0.4 is 5.32 Å². The first-order valence-corrected chi connectivity index (χ1v) is 8.56. The van der Waals surface area contributed by atoms with E-state index in [0.717, 1.165) is 11.1 Å². The van der Waals surface area contributed by atoms with Gasteiger partial charge in [-0.25, -0.2) is 0 Å². The number of nitrogens with one attached hydrogen (secondary N) is 1. The highest BCUT2D eigenvalue weighted by molar-refractivity contribution is 5.91. The molecule has 2 unspecified atom stereocenters. The number of carboxylic acids is 1. The maximum atomic E-state index is 12.7. The van der Waals surface area contributed by atoms with Gasteiger partial charge in [0, 0.05) is 13.3 Å². The van der Waals surface area contributed by atoms with Crippen molar-refractivity contribution in [2.75, 3.05) is 0 Å². The lowest BCUT2D eigenvalue weighted by molar-refractivity contribution is -0.144. The van der Waals surface area contributed by atoms with E-state index in [1.54, 1.807) is 0 Å². The van der Waals surface area contributed by atoms with E-state index >= 15 is 0 Å². The van der Waals surface area contributed by atoms with Gasteiger partial charge in [-0.1, -0.05) is 60.7 Å². The van der Waals surface area contributed by atoms with Gasteiger partial charge in [0.15, 0.2) is 5.78 Å². The van der Waals surface area contributed by atoms with E-state index in [4.69, 9.17) is 0 Å². The van der Waals surface area contributed by atoms with Gasteiger partial charge in [0.25, 0.3) is 0 Å². The molecule has 0 aliphatic heterocycles. The molecule has 2 aromatic rings. The Hall–Kier alpha value is -2.95. The second-order valence-electron chi connectivity index (χ2n) is 6.34. The first kappa shape index (κ1) is 19.4. The fourth-order valence-electron chi connectivity index (χ4n) is 2.87. The predicted octanol–water partition coefficient (Wildman–Crippen LogP) is 2.64. The lowest BCUT2D eigenvalue weighted by Gasteiger charge is -2.19. The van der Waals surface area contributed by atoms with Gasteiger partial charge in [-0.2, -0.15) is 0 Å². The molecule has 26 heavy (non-hydrogen) atoms. The molecular weight excluding hydrogens is 330 g/mol. The Morgan fingerprint density at radius 1 is 0.885 bits per heavy atom. The van der Waals surface area contributed by atoms with Crippen molar-refractivity contribution in [1.29, 1.82) is 0 Å². The Kier molecular flexibility index (Phi) is 7.09. The Bertz CT molecular complexity index is 743. The second-order valence-corrected chi connectivity index (χ2v) is 6.34. The molecule has 2 rings (SSSR count). The molecule has 1 amide bonds. The minimum Gasteiger partial charge on any atom is -0.481 e. The Balaban J connectivity index is 2.09. The van der Waals surface area contributed by atoms with E-state index in [1.165, 1.54) is 6.92 Å². The summed E-state index contributed by atoms with van der Waals surface area (Å²) in [7, 11) is 0. The summed E-state index contributed by atoms with van der Waals surface area (Å²) in [6, 6.07) is 17.8. The average Bonchev–Trinajstić information content (AvgIpc) is 2.62. The third-order valence-corrected chi connectivity index (χ3v) is 4.17. The van der Waals surface area contributed by atoms with E-state index in [-0.39, 0.29) is 24.5 Å². The molecule has 0 aromatic heterocycles. The van der Waals surface area contributed by atoms with Gasteiger partial charge >= 0.3 is 5.97 Å². The molecule has 0 aliphatic carbocycles. The molecule has 0 aliphatic rings. The van der Waals surface area contributed by atoms with Crippen molar-refractivity contribution in [3.63, 3.8) is 0 Å². The Labute approximate surface area is 153 Å². The average molecular weight is 353 g/mol. The van der Waals surface area contributed by atoms with E-state index in [2.05, 4.69) is 5.32 Å². The molecule has 2 atom stereocenters. The maximum absolute atomic E-state index is 12.7. The van der Waals surface area contributed by atoms with E-state index in [9.17, 15) is 19.5 Å². The van der Waals surface area contributed by atoms with Crippen LogP contribution in [0.2, 0.25) is 0 Å². The minimum absolute atomic E-state index is 0.123. The van der Waals surface area contributed by atoms with Crippen LogP contribution in [0.1, 0.15) is 24.5 Å². The number of hydrogen-bond acceptors (Lipinski definition) is 3. The number of carboxylic acid groups (broad SMARTS) is 1. The summed E-state index contributed by atoms with van der Waals surface area (Å²) in [6.07, 6.45) is 0.499. The van der Waals surface area contributed by atoms with Crippen molar-refractivity contribution >= 4 is 17.7 Å². The highest BCUT2D eigenvalue weighted by Crippen LogP contribution is 2.16. The highest BCUT2D eigenvalue weighted by atomic mass is 16.4. The third kappa shape index (κ3) is 6.16.